The predicted molar refractivity (Wildman–Crippen MR) is 102 cm³/mol. The maximum absolute atomic E-state index is 4.50. The van der Waals surface area contributed by atoms with Gasteiger partial charge in [0, 0.05) is 24.8 Å². The molecule has 0 bridgehead atoms. The summed E-state index contributed by atoms with van der Waals surface area (Å²) in [5, 5.41) is 9.38. The molecule has 4 rings (SSSR count). The second kappa shape index (κ2) is 7.83. The first-order chi connectivity index (χ1) is 13.3. The number of nitrogens with one attached hydrogen (secondary N) is 3. The molecular weight excluding hydrogens is 342 g/mol. The van der Waals surface area contributed by atoms with Gasteiger partial charge in [-0.1, -0.05) is 12.1 Å². The highest BCUT2D eigenvalue weighted by Gasteiger charge is 2.03. The van der Waals surface area contributed by atoms with Crippen LogP contribution in [0.2, 0.25) is 0 Å². The van der Waals surface area contributed by atoms with Gasteiger partial charge in [0.1, 0.15) is 34.9 Å². The first-order valence-electron chi connectivity index (χ1n) is 8.12. The molecule has 0 unspecified atom stereocenters. The molecule has 0 aliphatic carbocycles. The molecule has 3 N–H and O–H groups in total. The summed E-state index contributed by atoms with van der Waals surface area (Å²) in [6.45, 7) is 0. The molecule has 0 amide bonds. The topological polar surface area (TPSA) is 113 Å². The molecule has 4 aromatic rings. The molecule has 9 heteroatoms. The van der Waals surface area contributed by atoms with E-state index < -0.39 is 0 Å². The van der Waals surface area contributed by atoms with E-state index in [1.54, 1.807) is 37.2 Å². The predicted octanol–water partition coefficient (Wildman–Crippen LogP) is 3.29. The number of aromatic nitrogens is 6. The summed E-state index contributed by atoms with van der Waals surface area (Å²) in [5.41, 5.74) is 0. The van der Waals surface area contributed by atoms with Gasteiger partial charge in [-0.05, 0) is 24.3 Å². The number of nitrogens with zero attached hydrogens (tertiary/aromatic N) is 6. The highest BCUT2D eigenvalue weighted by atomic mass is 15.1. The number of hydrogen-bond acceptors (Lipinski definition) is 9. The number of hydrogen-bond donors (Lipinski definition) is 3. The zero-order valence-electron chi connectivity index (χ0n) is 14.1. The van der Waals surface area contributed by atoms with Crippen molar-refractivity contribution in [3.63, 3.8) is 0 Å². The molecule has 0 spiro atoms. The van der Waals surface area contributed by atoms with Crippen molar-refractivity contribution in [2.75, 3.05) is 16.0 Å². The van der Waals surface area contributed by atoms with Gasteiger partial charge in [0.25, 0.3) is 0 Å². The molecule has 0 radical (unpaired) electrons. The molecule has 27 heavy (non-hydrogen) atoms. The minimum absolute atomic E-state index is 0.621. The van der Waals surface area contributed by atoms with Crippen LogP contribution in [-0.2, 0) is 0 Å². The number of rotatable bonds is 6. The molecule has 0 aromatic carbocycles. The smallest absolute Gasteiger partial charge is 0.150 e. The number of anilines is 6. The van der Waals surface area contributed by atoms with E-state index in [1.807, 2.05) is 36.4 Å². The molecule has 0 fully saturated rings. The third-order valence-electron chi connectivity index (χ3n) is 3.39. The van der Waals surface area contributed by atoms with Crippen molar-refractivity contribution in [2.45, 2.75) is 0 Å². The maximum atomic E-state index is 4.50. The van der Waals surface area contributed by atoms with Crippen LogP contribution in [0.15, 0.2) is 73.6 Å². The van der Waals surface area contributed by atoms with Crippen molar-refractivity contribution in [3.05, 3.63) is 73.6 Å². The summed E-state index contributed by atoms with van der Waals surface area (Å²) in [6.07, 6.45) is 9.72. The Balaban J connectivity index is 1.47. The van der Waals surface area contributed by atoms with Gasteiger partial charge < -0.3 is 16.0 Å². The maximum Gasteiger partial charge on any atom is 0.150 e. The molecule has 4 heterocycles. The van der Waals surface area contributed by atoms with Crippen molar-refractivity contribution in [3.8, 4) is 0 Å². The first-order valence-corrected chi connectivity index (χ1v) is 8.12. The Bertz CT molecular complexity index is 926. The fourth-order valence-corrected chi connectivity index (χ4v) is 2.27. The molecule has 0 saturated carbocycles. The molecule has 132 valence electrons. The molecule has 9 nitrogen and oxygen atoms in total. The minimum Gasteiger partial charge on any atom is -0.325 e. The van der Waals surface area contributed by atoms with Gasteiger partial charge in [0.05, 0.1) is 12.4 Å². The fraction of sp³-hybridized carbons (Fsp3) is 0. The summed E-state index contributed by atoms with van der Waals surface area (Å²) in [7, 11) is 0. The molecule has 0 atom stereocenters. The van der Waals surface area contributed by atoms with E-state index >= 15 is 0 Å². The quantitative estimate of drug-likeness (QED) is 0.478. The Morgan fingerprint density at radius 1 is 0.481 bits per heavy atom. The Kier molecular flexibility index (Phi) is 4.74. The Labute approximate surface area is 155 Å². The van der Waals surface area contributed by atoms with Crippen molar-refractivity contribution in [1.29, 1.82) is 0 Å². The van der Waals surface area contributed by atoms with E-state index in [0.717, 1.165) is 0 Å². The van der Waals surface area contributed by atoms with Crippen molar-refractivity contribution < 1.29 is 0 Å². The highest BCUT2D eigenvalue weighted by Crippen LogP contribution is 2.19. The van der Waals surface area contributed by atoms with Crippen LogP contribution in [0.1, 0.15) is 0 Å². The Hall–Kier alpha value is -4.14. The third kappa shape index (κ3) is 4.48. The van der Waals surface area contributed by atoms with E-state index in [-0.39, 0.29) is 0 Å². The summed E-state index contributed by atoms with van der Waals surface area (Å²) in [6, 6.07) is 11.2. The van der Waals surface area contributed by atoms with E-state index in [2.05, 4.69) is 45.9 Å². The van der Waals surface area contributed by atoms with Crippen LogP contribution in [0, 0.1) is 0 Å². The lowest BCUT2D eigenvalue weighted by molar-refractivity contribution is 1.17. The van der Waals surface area contributed by atoms with E-state index in [4.69, 9.17) is 0 Å². The van der Waals surface area contributed by atoms with Gasteiger partial charge >= 0.3 is 0 Å². The largest absolute Gasteiger partial charge is 0.325 e. The molecule has 0 aliphatic rings. The highest BCUT2D eigenvalue weighted by molar-refractivity contribution is 5.60. The zero-order valence-corrected chi connectivity index (χ0v) is 14.1. The van der Waals surface area contributed by atoms with Gasteiger partial charge in [-0.15, -0.1) is 0 Å². The van der Waals surface area contributed by atoms with Gasteiger partial charge in [0.2, 0.25) is 0 Å². The molecule has 4 aromatic heterocycles. The van der Waals surface area contributed by atoms with Gasteiger partial charge in [-0.2, -0.15) is 0 Å². The SMILES string of the molecule is c1cc(Nc2cnccn2)nc(Nc2cccc(Nc3cnccn3)n2)c1. The normalized spacial score (nSPS) is 10.2. The van der Waals surface area contributed by atoms with Crippen molar-refractivity contribution in [1.82, 2.24) is 29.9 Å². The molecular formula is C18H15N9. The average Bonchev–Trinajstić information content (AvgIpc) is 2.70. The molecule has 0 saturated heterocycles. The van der Waals surface area contributed by atoms with Crippen LogP contribution in [0.4, 0.5) is 34.9 Å². The zero-order chi connectivity index (χ0) is 18.3. The standard InChI is InChI=1S/C18H15N9/c1-3-13(24-15(5-1)26-17-11-19-7-9-21-17)23-14-4-2-6-16(25-14)27-18-12-20-8-10-22-18/h1-12H,(H3,21,22,23,24,25,26,27). The molecule has 0 aliphatic heterocycles. The van der Waals surface area contributed by atoms with Crippen LogP contribution >= 0.6 is 0 Å². The summed E-state index contributed by atoms with van der Waals surface area (Å²) >= 11 is 0. The lowest BCUT2D eigenvalue weighted by atomic mass is 10.4. The monoisotopic (exact) mass is 357 g/mol. The number of pyridine rings is 2. The van der Waals surface area contributed by atoms with Crippen LogP contribution in [0.5, 0.6) is 0 Å². The van der Waals surface area contributed by atoms with Crippen LogP contribution < -0.4 is 16.0 Å². The van der Waals surface area contributed by atoms with Crippen LogP contribution in [-0.4, -0.2) is 29.9 Å². The van der Waals surface area contributed by atoms with Gasteiger partial charge in [-0.25, -0.2) is 19.9 Å². The summed E-state index contributed by atoms with van der Waals surface area (Å²) in [4.78, 5) is 25.4. The van der Waals surface area contributed by atoms with Crippen molar-refractivity contribution in [2.24, 2.45) is 0 Å². The van der Waals surface area contributed by atoms with Crippen LogP contribution in [0.25, 0.3) is 0 Å². The second-order valence-electron chi connectivity index (χ2n) is 5.37. The Morgan fingerprint density at radius 3 is 1.26 bits per heavy atom. The lowest BCUT2D eigenvalue weighted by Crippen LogP contribution is -2.02. The van der Waals surface area contributed by atoms with E-state index in [9.17, 15) is 0 Å². The minimum atomic E-state index is 0.621. The van der Waals surface area contributed by atoms with E-state index in [1.165, 1.54) is 0 Å². The average molecular weight is 357 g/mol. The lowest BCUT2D eigenvalue weighted by Gasteiger charge is -2.09. The van der Waals surface area contributed by atoms with Gasteiger partial charge in [-0.3, -0.25) is 9.97 Å². The van der Waals surface area contributed by atoms with Gasteiger partial charge in [0.15, 0.2) is 0 Å². The van der Waals surface area contributed by atoms with Crippen molar-refractivity contribution >= 4 is 34.9 Å². The first kappa shape index (κ1) is 16.3. The fourth-order valence-electron chi connectivity index (χ4n) is 2.27. The summed E-state index contributed by atoms with van der Waals surface area (Å²) in [5.74, 6) is 3.83. The van der Waals surface area contributed by atoms with E-state index in [0.29, 0.717) is 34.9 Å². The third-order valence-corrected chi connectivity index (χ3v) is 3.39. The van der Waals surface area contributed by atoms with Crippen LogP contribution in [0.3, 0.4) is 0 Å². The summed E-state index contributed by atoms with van der Waals surface area (Å²) < 4.78 is 0. The Morgan fingerprint density at radius 2 is 0.889 bits per heavy atom. The second-order valence-corrected chi connectivity index (χ2v) is 5.37.